The fourth-order valence-electron chi connectivity index (χ4n) is 2.14. The minimum absolute atomic E-state index is 0.106. The van der Waals surface area contributed by atoms with E-state index in [1.54, 1.807) is 25.3 Å². The lowest BCUT2D eigenvalue weighted by Gasteiger charge is -2.34. The lowest BCUT2D eigenvalue weighted by atomic mass is 10.1. The number of nitrogens with one attached hydrogen (secondary N) is 1. The molecule has 1 fully saturated rings. The van der Waals surface area contributed by atoms with Crippen LogP contribution in [0.5, 0.6) is 0 Å². The van der Waals surface area contributed by atoms with Gasteiger partial charge in [0.2, 0.25) is 0 Å². The standard InChI is InChI=1S/C12H25N3O2S/c1-14(2)12(16)15-8-5-11(6-9-15)13-7-4-10-18(3)17/h11,13H,4-10H2,1-3H3. The highest BCUT2D eigenvalue weighted by molar-refractivity contribution is 7.84. The average molecular weight is 275 g/mol. The number of urea groups is 1. The second kappa shape index (κ2) is 7.74. The van der Waals surface area contributed by atoms with Crippen LogP contribution in [0.3, 0.4) is 0 Å². The van der Waals surface area contributed by atoms with Gasteiger partial charge in [0, 0.05) is 56.0 Å². The number of piperidine rings is 1. The van der Waals surface area contributed by atoms with Gasteiger partial charge in [-0.3, -0.25) is 4.21 Å². The molecule has 0 saturated carbocycles. The first kappa shape index (κ1) is 15.4. The van der Waals surface area contributed by atoms with Crippen LogP contribution in [0.15, 0.2) is 0 Å². The zero-order valence-electron chi connectivity index (χ0n) is 11.6. The van der Waals surface area contributed by atoms with Gasteiger partial charge in [0.1, 0.15) is 0 Å². The van der Waals surface area contributed by atoms with E-state index in [1.165, 1.54) is 0 Å². The van der Waals surface area contributed by atoms with Crippen LogP contribution >= 0.6 is 0 Å². The van der Waals surface area contributed by atoms with Crippen LogP contribution < -0.4 is 5.32 Å². The molecular formula is C12H25N3O2S. The molecule has 106 valence electrons. The quantitative estimate of drug-likeness (QED) is 0.743. The van der Waals surface area contributed by atoms with Crippen molar-refractivity contribution in [1.29, 1.82) is 0 Å². The molecule has 5 nitrogen and oxygen atoms in total. The van der Waals surface area contributed by atoms with Crippen molar-refractivity contribution in [2.45, 2.75) is 25.3 Å². The van der Waals surface area contributed by atoms with Gasteiger partial charge in [-0.1, -0.05) is 0 Å². The highest BCUT2D eigenvalue weighted by Gasteiger charge is 2.22. The topological polar surface area (TPSA) is 52.7 Å². The lowest BCUT2D eigenvalue weighted by molar-refractivity contribution is 0.152. The predicted molar refractivity (Wildman–Crippen MR) is 75.2 cm³/mol. The van der Waals surface area contributed by atoms with Crippen molar-refractivity contribution in [2.75, 3.05) is 45.7 Å². The van der Waals surface area contributed by atoms with Crippen LogP contribution in [0.1, 0.15) is 19.3 Å². The Kier molecular flexibility index (Phi) is 6.63. The lowest BCUT2D eigenvalue weighted by Crippen LogP contribution is -2.48. The molecule has 1 atom stereocenters. The molecule has 0 bridgehead atoms. The van der Waals surface area contributed by atoms with Crippen LogP contribution in [-0.2, 0) is 10.8 Å². The number of amides is 2. The van der Waals surface area contributed by atoms with Gasteiger partial charge in [-0.25, -0.2) is 4.79 Å². The van der Waals surface area contributed by atoms with E-state index in [0.29, 0.717) is 6.04 Å². The molecule has 0 aromatic heterocycles. The first-order chi connectivity index (χ1) is 8.50. The number of likely N-dealkylation sites (tertiary alicyclic amines) is 1. The Morgan fingerprint density at radius 2 is 2.00 bits per heavy atom. The molecule has 1 rings (SSSR count). The summed E-state index contributed by atoms with van der Waals surface area (Å²) in [6, 6.07) is 0.608. The summed E-state index contributed by atoms with van der Waals surface area (Å²) in [4.78, 5) is 15.3. The van der Waals surface area contributed by atoms with Gasteiger partial charge in [0.05, 0.1) is 0 Å². The Morgan fingerprint density at radius 1 is 1.39 bits per heavy atom. The van der Waals surface area contributed by atoms with Crippen LogP contribution in [0.25, 0.3) is 0 Å². The molecule has 1 aliphatic heterocycles. The molecule has 6 heteroatoms. The van der Waals surface area contributed by atoms with E-state index in [1.807, 2.05) is 4.90 Å². The normalized spacial score (nSPS) is 18.7. The molecule has 0 aliphatic carbocycles. The van der Waals surface area contributed by atoms with Gasteiger partial charge in [-0.05, 0) is 25.8 Å². The van der Waals surface area contributed by atoms with Gasteiger partial charge >= 0.3 is 6.03 Å². The van der Waals surface area contributed by atoms with Crippen LogP contribution in [-0.4, -0.2) is 71.8 Å². The molecule has 2 amide bonds. The SMILES string of the molecule is CN(C)C(=O)N1CCC(NCCCS(C)=O)CC1. The van der Waals surface area contributed by atoms with E-state index in [-0.39, 0.29) is 6.03 Å². The van der Waals surface area contributed by atoms with E-state index in [0.717, 1.165) is 44.6 Å². The average Bonchev–Trinajstić information content (AvgIpc) is 2.34. The van der Waals surface area contributed by atoms with Gasteiger partial charge in [-0.15, -0.1) is 0 Å². The zero-order chi connectivity index (χ0) is 13.5. The first-order valence-corrected chi connectivity index (χ1v) is 8.23. The largest absolute Gasteiger partial charge is 0.331 e. The van der Waals surface area contributed by atoms with Crippen LogP contribution in [0, 0.1) is 0 Å². The van der Waals surface area contributed by atoms with Crippen molar-refractivity contribution in [2.24, 2.45) is 0 Å². The minimum Gasteiger partial charge on any atom is -0.331 e. The number of carbonyl (C=O) groups is 1. The molecule has 1 unspecified atom stereocenters. The Bertz CT molecular complexity index is 289. The molecule has 18 heavy (non-hydrogen) atoms. The van der Waals surface area contributed by atoms with Crippen molar-refractivity contribution >= 4 is 16.8 Å². The van der Waals surface area contributed by atoms with Crippen molar-refractivity contribution in [3.8, 4) is 0 Å². The van der Waals surface area contributed by atoms with E-state index >= 15 is 0 Å². The zero-order valence-corrected chi connectivity index (χ0v) is 12.5. The summed E-state index contributed by atoms with van der Waals surface area (Å²) in [5.74, 6) is 0.769. The molecule has 0 aromatic carbocycles. The maximum atomic E-state index is 11.7. The van der Waals surface area contributed by atoms with Gasteiger partial charge in [0.15, 0.2) is 0 Å². The fourth-order valence-corrected chi connectivity index (χ4v) is 2.69. The maximum Gasteiger partial charge on any atom is 0.319 e. The smallest absolute Gasteiger partial charge is 0.319 e. The van der Waals surface area contributed by atoms with Gasteiger partial charge in [-0.2, -0.15) is 0 Å². The monoisotopic (exact) mass is 275 g/mol. The highest BCUT2D eigenvalue weighted by Crippen LogP contribution is 2.11. The number of hydrogen-bond acceptors (Lipinski definition) is 3. The molecule has 1 saturated heterocycles. The Balaban J connectivity index is 2.15. The maximum absolute atomic E-state index is 11.7. The molecule has 0 radical (unpaired) electrons. The number of nitrogens with zero attached hydrogens (tertiary/aromatic N) is 2. The fraction of sp³-hybridized carbons (Fsp3) is 0.917. The van der Waals surface area contributed by atoms with E-state index in [4.69, 9.17) is 0 Å². The molecule has 0 spiro atoms. The van der Waals surface area contributed by atoms with Crippen LogP contribution in [0.2, 0.25) is 0 Å². The minimum atomic E-state index is -0.688. The molecular weight excluding hydrogens is 250 g/mol. The summed E-state index contributed by atoms with van der Waals surface area (Å²) in [5.41, 5.74) is 0. The Labute approximate surface area is 112 Å². The van der Waals surface area contributed by atoms with E-state index in [2.05, 4.69) is 5.32 Å². The third kappa shape index (κ3) is 5.35. The summed E-state index contributed by atoms with van der Waals surface area (Å²) in [6.07, 6.45) is 4.72. The van der Waals surface area contributed by atoms with Gasteiger partial charge in [0.25, 0.3) is 0 Å². The molecule has 1 aliphatic rings. The molecule has 1 heterocycles. The van der Waals surface area contributed by atoms with E-state index < -0.39 is 10.8 Å². The molecule has 0 aromatic rings. The van der Waals surface area contributed by atoms with Crippen molar-refractivity contribution in [3.63, 3.8) is 0 Å². The number of hydrogen-bond donors (Lipinski definition) is 1. The first-order valence-electron chi connectivity index (χ1n) is 6.50. The van der Waals surface area contributed by atoms with E-state index in [9.17, 15) is 9.00 Å². The molecule has 1 N–H and O–H groups in total. The highest BCUT2D eigenvalue weighted by atomic mass is 32.2. The van der Waals surface area contributed by atoms with Crippen molar-refractivity contribution < 1.29 is 9.00 Å². The summed E-state index contributed by atoms with van der Waals surface area (Å²) in [6.45, 7) is 2.58. The van der Waals surface area contributed by atoms with Crippen molar-refractivity contribution in [3.05, 3.63) is 0 Å². The summed E-state index contributed by atoms with van der Waals surface area (Å²) >= 11 is 0. The third-order valence-corrected chi connectivity index (χ3v) is 4.05. The number of carbonyl (C=O) groups excluding carboxylic acids is 1. The van der Waals surface area contributed by atoms with Crippen LogP contribution in [0.4, 0.5) is 4.79 Å². The predicted octanol–water partition coefficient (Wildman–Crippen LogP) is 0.491. The van der Waals surface area contributed by atoms with Gasteiger partial charge < -0.3 is 15.1 Å². The second-order valence-corrected chi connectivity index (χ2v) is 6.58. The summed E-state index contributed by atoms with van der Waals surface area (Å²) < 4.78 is 10.9. The second-order valence-electron chi connectivity index (χ2n) is 5.02. The number of rotatable bonds is 5. The summed E-state index contributed by atoms with van der Waals surface area (Å²) in [5, 5.41) is 3.48. The Hall–Kier alpha value is -0.620. The van der Waals surface area contributed by atoms with Crippen molar-refractivity contribution in [1.82, 2.24) is 15.1 Å². The Morgan fingerprint density at radius 3 is 2.50 bits per heavy atom. The summed E-state index contributed by atoms with van der Waals surface area (Å²) in [7, 11) is 2.89. The third-order valence-electron chi connectivity index (χ3n) is 3.19.